The highest BCUT2D eigenvalue weighted by molar-refractivity contribution is 6.23. The fourth-order valence-electron chi connectivity index (χ4n) is 3.75. The molecule has 0 saturated carbocycles. The van der Waals surface area contributed by atoms with Crippen molar-refractivity contribution >= 4 is 5.78 Å². The van der Waals surface area contributed by atoms with Gasteiger partial charge in [0.1, 0.15) is 0 Å². The SMILES string of the molecule is O=C1c2ccccc2-c2ccc3c(c21)Cc1ccccc1-3. The van der Waals surface area contributed by atoms with Gasteiger partial charge in [0, 0.05) is 11.1 Å². The van der Waals surface area contributed by atoms with Crippen LogP contribution in [0.5, 0.6) is 0 Å². The predicted octanol–water partition coefficient (Wildman–Crippen LogP) is 4.47. The van der Waals surface area contributed by atoms with Crippen LogP contribution in [0.4, 0.5) is 0 Å². The number of hydrogen-bond acceptors (Lipinski definition) is 1. The maximum absolute atomic E-state index is 12.8. The van der Waals surface area contributed by atoms with Crippen molar-refractivity contribution in [3.8, 4) is 22.3 Å². The number of hydrogen-bond donors (Lipinski definition) is 0. The Bertz CT molecular complexity index is 934. The molecule has 2 aliphatic carbocycles. The van der Waals surface area contributed by atoms with Gasteiger partial charge in [-0.25, -0.2) is 0 Å². The minimum atomic E-state index is 0.185. The molecule has 0 amide bonds. The van der Waals surface area contributed by atoms with Gasteiger partial charge < -0.3 is 0 Å². The van der Waals surface area contributed by atoms with Crippen LogP contribution in [-0.2, 0) is 6.42 Å². The lowest BCUT2D eigenvalue weighted by Gasteiger charge is -2.06. The van der Waals surface area contributed by atoms with Crippen molar-refractivity contribution in [1.29, 1.82) is 0 Å². The largest absolute Gasteiger partial charge is 0.289 e. The van der Waals surface area contributed by atoms with E-state index in [0.717, 1.165) is 28.7 Å². The van der Waals surface area contributed by atoms with Gasteiger partial charge in [-0.15, -0.1) is 0 Å². The summed E-state index contributed by atoms with van der Waals surface area (Å²) in [6, 6.07) is 20.7. The van der Waals surface area contributed by atoms with Crippen LogP contribution >= 0.6 is 0 Å². The first-order valence-corrected chi connectivity index (χ1v) is 7.23. The van der Waals surface area contributed by atoms with Crippen molar-refractivity contribution in [3.63, 3.8) is 0 Å². The summed E-state index contributed by atoms with van der Waals surface area (Å²) in [6.45, 7) is 0. The average molecular weight is 268 g/mol. The molecular formula is C20H12O. The summed E-state index contributed by atoms with van der Waals surface area (Å²) < 4.78 is 0. The van der Waals surface area contributed by atoms with Crippen LogP contribution in [-0.4, -0.2) is 5.78 Å². The smallest absolute Gasteiger partial charge is 0.194 e. The highest BCUT2D eigenvalue weighted by Gasteiger charge is 2.32. The first-order chi connectivity index (χ1) is 10.3. The van der Waals surface area contributed by atoms with Gasteiger partial charge in [0.05, 0.1) is 0 Å². The van der Waals surface area contributed by atoms with Crippen LogP contribution in [0, 0.1) is 0 Å². The number of fused-ring (bicyclic) bond motifs is 7. The van der Waals surface area contributed by atoms with Crippen molar-refractivity contribution in [3.05, 3.63) is 82.9 Å². The zero-order valence-corrected chi connectivity index (χ0v) is 11.4. The number of ketones is 1. The average Bonchev–Trinajstić information content (AvgIpc) is 3.04. The highest BCUT2D eigenvalue weighted by Crippen LogP contribution is 2.46. The second-order valence-electron chi connectivity index (χ2n) is 5.72. The Kier molecular flexibility index (Phi) is 1.95. The van der Waals surface area contributed by atoms with Gasteiger partial charge in [-0.05, 0) is 39.8 Å². The zero-order valence-electron chi connectivity index (χ0n) is 11.4. The van der Waals surface area contributed by atoms with Crippen LogP contribution in [0.1, 0.15) is 27.0 Å². The Balaban J connectivity index is 1.84. The van der Waals surface area contributed by atoms with E-state index in [9.17, 15) is 4.79 Å². The summed E-state index contributed by atoms with van der Waals surface area (Å²) in [5.41, 5.74) is 8.98. The molecule has 0 saturated heterocycles. The Labute approximate surface area is 122 Å². The lowest BCUT2D eigenvalue weighted by Crippen LogP contribution is -2.00. The van der Waals surface area contributed by atoms with Gasteiger partial charge in [-0.3, -0.25) is 4.79 Å². The van der Waals surface area contributed by atoms with Crippen molar-refractivity contribution in [1.82, 2.24) is 0 Å². The monoisotopic (exact) mass is 268 g/mol. The predicted molar refractivity (Wildman–Crippen MR) is 83.6 cm³/mol. The Morgan fingerprint density at radius 1 is 0.619 bits per heavy atom. The molecule has 1 heteroatoms. The number of benzene rings is 3. The molecule has 0 aliphatic heterocycles. The summed E-state index contributed by atoms with van der Waals surface area (Å²) in [5, 5.41) is 0. The third kappa shape index (κ3) is 1.28. The molecule has 0 unspecified atom stereocenters. The van der Waals surface area contributed by atoms with Gasteiger partial charge in [0.15, 0.2) is 5.78 Å². The van der Waals surface area contributed by atoms with E-state index < -0.39 is 0 Å². The molecule has 98 valence electrons. The molecular weight excluding hydrogens is 256 g/mol. The van der Waals surface area contributed by atoms with E-state index >= 15 is 0 Å². The summed E-state index contributed by atoms with van der Waals surface area (Å²) in [4.78, 5) is 12.8. The normalized spacial score (nSPS) is 13.6. The molecule has 0 heterocycles. The van der Waals surface area contributed by atoms with Crippen molar-refractivity contribution in [2.45, 2.75) is 6.42 Å². The van der Waals surface area contributed by atoms with E-state index in [-0.39, 0.29) is 5.78 Å². The maximum Gasteiger partial charge on any atom is 0.194 e. The van der Waals surface area contributed by atoms with Crippen molar-refractivity contribution < 1.29 is 4.79 Å². The molecule has 0 radical (unpaired) electrons. The third-order valence-corrected chi connectivity index (χ3v) is 4.68. The Hall–Kier alpha value is -2.67. The molecule has 5 rings (SSSR count). The lowest BCUT2D eigenvalue weighted by atomic mass is 9.96. The van der Waals surface area contributed by atoms with Crippen LogP contribution in [0.3, 0.4) is 0 Å². The van der Waals surface area contributed by atoms with E-state index in [4.69, 9.17) is 0 Å². The molecule has 1 nitrogen and oxygen atoms in total. The molecule has 0 atom stereocenters. The van der Waals surface area contributed by atoms with E-state index in [1.165, 1.54) is 22.3 Å². The summed E-state index contributed by atoms with van der Waals surface area (Å²) >= 11 is 0. The number of rotatable bonds is 0. The van der Waals surface area contributed by atoms with E-state index in [0.29, 0.717) is 0 Å². The molecule has 3 aromatic rings. The molecule has 3 aromatic carbocycles. The second-order valence-corrected chi connectivity index (χ2v) is 5.72. The highest BCUT2D eigenvalue weighted by atomic mass is 16.1. The maximum atomic E-state index is 12.8. The lowest BCUT2D eigenvalue weighted by molar-refractivity contribution is 0.104. The van der Waals surface area contributed by atoms with Gasteiger partial charge in [0.2, 0.25) is 0 Å². The summed E-state index contributed by atoms with van der Waals surface area (Å²) in [5.74, 6) is 0.185. The second kappa shape index (κ2) is 3.70. The van der Waals surface area contributed by atoms with Crippen molar-refractivity contribution in [2.24, 2.45) is 0 Å². The summed E-state index contributed by atoms with van der Waals surface area (Å²) in [7, 11) is 0. The van der Waals surface area contributed by atoms with Crippen LogP contribution in [0.25, 0.3) is 22.3 Å². The summed E-state index contributed by atoms with van der Waals surface area (Å²) in [6.07, 6.45) is 0.869. The quantitative estimate of drug-likeness (QED) is 0.405. The van der Waals surface area contributed by atoms with Gasteiger partial charge in [0.25, 0.3) is 0 Å². The fourth-order valence-corrected chi connectivity index (χ4v) is 3.75. The van der Waals surface area contributed by atoms with Crippen LogP contribution in [0.15, 0.2) is 60.7 Å². The first kappa shape index (κ1) is 11.0. The molecule has 0 N–H and O–H groups in total. The topological polar surface area (TPSA) is 17.1 Å². The Morgan fingerprint density at radius 3 is 2.14 bits per heavy atom. The molecule has 2 aliphatic rings. The standard InChI is InChI=1S/C20H12O/c21-20-17-8-4-3-7-14(17)16-10-9-15-13-6-2-1-5-12(13)11-18(15)19(16)20/h1-10H,11H2. The zero-order chi connectivity index (χ0) is 14.0. The minimum absolute atomic E-state index is 0.185. The van der Waals surface area contributed by atoms with Crippen LogP contribution in [0.2, 0.25) is 0 Å². The molecule has 0 aromatic heterocycles. The van der Waals surface area contributed by atoms with Crippen LogP contribution < -0.4 is 0 Å². The van der Waals surface area contributed by atoms with Crippen molar-refractivity contribution in [2.75, 3.05) is 0 Å². The van der Waals surface area contributed by atoms with E-state index in [1.807, 2.05) is 24.3 Å². The van der Waals surface area contributed by atoms with Gasteiger partial charge >= 0.3 is 0 Å². The number of carbonyl (C=O) groups is 1. The van der Waals surface area contributed by atoms with Gasteiger partial charge in [-0.2, -0.15) is 0 Å². The molecule has 0 spiro atoms. The molecule has 21 heavy (non-hydrogen) atoms. The number of carbonyl (C=O) groups excluding carboxylic acids is 1. The fraction of sp³-hybridized carbons (Fsp3) is 0.0500. The van der Waals surface area contributed by atoms with E-state index in [1.54, 1.807) is 0 Å². The Morgan fingerprint density at radius 2 is 1.29 bits per heavy atom. The van der Waals surface area contributed by atoms with Gasteiger partial charge in [-0.1, -0.05) is 60.7 Å². The molecule has 0 bridgehead atoms. The minimum Gasteiger partial charge on any atom is -0.289 e. The first-order valence-electron chi connectivity index (χ1n) is 7.23. The third-order valence-electron chi connectivity index (χ3n) is 4.68. The molecule has 0 fully saturated rings. The van der Waals surface area contributed by atoms with E-state index in [2.05, 4.69) is 36.4 Å².